The molecule has 0 radical (unpaired) electrons. The molecule has 1 saturated carbocycles. The molecule has 9 N–H and O–H groups in total. The maximum atomic E-state index is 12.2. The standard InChI is InChI=1S/C21H27N7O/c1-13-11-25-21(28-20(13)27-19(24)10-18(23)15-7-8-15)26-12-16(29)9-17(22)14-5-3-2-4-6-14/h2-6,9-11,15,18H,7-8,12,22-24H2,1H3,(H2,25,26,27,28)/p+1. The number of ketones is 1. The second-order valence-electron chi connectivity index (χ2n) is 7.23. The summed E-state index contributed by atoms with van der Waals surface area (Å²) in [6, 6.07) is 9.30. The maximum Gasteiger partial charge on any atom is 0.391 e. The van der Waals surface area contributed by atoms with Gasteiger partial charge in [0, 0.05) is 23.4 Å². The van der Waals surface area contributed by atoms with Crippen molar-refractivity contribution in [2.24, 2.45) is 23.1 Å². The molecule has 0 spiro atoms. The number of hydrogen-bond donors (Lipinski definition) is 5. The van der Waals surface area contributed by atoms with Crippen molar-refractivity contribution in [3.05, 3.63) is 65.6 Å². The normalized spacial score (nSPS) is 15.7. The number of benzene rings is 1. The quantitative estimate of drug-likeness (QED) is 0.401. The van der Waals surface area contributed by atoms with Gasteiger partial charge in [0.15, 0.2) is 5.78 Å². The molecule has 29 heavy (non-hydrogen) atoms. The van der Waals surface area contributed by atoms with Crippen LogP contribution in [0.3, 0.4) is 0 Å². The van der Waals surface area contributed by atoms with Gasteiger partial charge in [-0.25, -0.2) is 4.98 Å². The Balaban J connectivity index is 1.60. The Kier molecular flexibility index (Phi) is 6.46. The van der Waals surface area contributed by atoms with E-state index in [4.69, 9.17) is 17.2 Å². The molecule has 1 aliphatic carbocycles. The minimum Gasteiger partial charge on any atom is -0.398 e. The van der Waals surface area contributed by atoms with Gasteiger partial charge < -0.3 is 22.5 Å². The Hall–Kier alpha value is -3.39. The zero-order valence-electron chi connectivity index (χ0n) is 16.5. The van der Waals surface area contributed by atoms with Crippen molar-refractivity contribution < 1.29 is 9.78 Å². The summed E-state index contributed by atoms with van der Waals surface area (Å²) in [5.41, 5.74) is 20.2. The lowest BCUT2D eigenvalue weighted by molar-refractivity contribution is -0.365. The Bertz CT molecular complexity index is 920. The second kappa shape index (κ2) is 9.20. The fourth-order valence-corrected chi connectivity index (χ4v) is 2.81. The molecule has 1 aromatic heterocycles. The lowest BCUT2D eigenvalue weighted by Gasteiger charge is -2.09. The molecule has 8 nitrogen and oxygen atoms in total. The van der Waals surface area contributed by atoms with Gasteiger partial charge in [0.05, 0.1) is 6.20 Å². The topological polar surface area (TPSA) is 146 Å². The molecule has 0 aliphatic heterocycles. The average Bonchev–Trinajstić information content (AvgIpc) is 3.54. The minimum absolute atomic E-state index is 0.0461. The highest BCUT2D eigenvalue weighted by molar-refractivity contribution is 5.98. The zero-order valence-corrected chi connectivity index (χ0v) is 16.5. The number of rotatable bonds is 9. The molecule has 152 valence electrons. The van der Waals surface area contributed by atoms with E-state index >= 15 is 0 Å². The van der Waals surface area contributed by atoms with Crippen molar-refractivity contribution in [3.8, 4) is 0 Å². The van der Waals surface area contributed by atoms with Crippen molar-refractivity contribution in [1.29, 1.82) is 0 Å². The van der Waals surface area contributed by atoms with Crippen LogP contribution in [0.15, 0.2) is 54.5 Å². The fraction of sp³-hybridized carbons (Fsp3) is 0.286. The van der Waals surface area contributed by atoms with Crippen LogP contribution in [0.4, 0.5) is 11.8 Å². The third-order valence-electron chi connectivity index (χ3n) is 4.68. The van der Waals surface area contributed by atoms with Gasteiger partial charge >= 0.3 is 5.95 Å². The van der Waals surface area contributed by atoms with E-state index in [9.17, 15) is 4.79 Å². The molecule has 0 amide bonds. The Morgan fingerprint density at radius 2 is 2.03 bits per heavy atom. The first-order valence-electron chi connectivity index (χ1n) is 9.61. The molecule has 8 heteroatoms. The first-order chi connectivity index (χ1) is 13.9. The summed E-state index contributed by atoms with van der Waals surface area (Å²) >= 11 is 0. The first-order valence-corrected chi connectivity index (χ1v) is 9.61. The summed E-state index contributed by atoms with van der Waals surface area (Å²) in [7, 11) is 0. The monoisotopic (exact) mass is 394 g/mol. The van der Waals surface area contributed by atoms with Crippen molar-refractivity contribution in [2.75, 3.05) is 17.2 Å². The van der Waals surface area contributed by atoms with Crippen LogP contribution in [0.5, 0.6) is 0 Å². The number of anilines is 2. The highest BCUT2D eigenvalue weighted by atomic mass is 16.1. The Morgan fingerprint density at radius 1 is 1.31 bits per heavy atom. The maximum absolute atomic E-state index is 12.2. The summed E-state index contributed by atoms with van der Waals surface area (Å²) in [5.74, 6) is 1.86. The van der Waals surface area contributed by atoms with E-state index in [1.165, 1.54) is 6.08 Å². The molecule has 0 saturated heterocycles. The lowest BCUT2D eigenvalue weighted by Crippen LogP contribution is -2.25. The van der Waals surface area contributed by atoms with Gasteiger partial charge in [-0.05, 0) is 37.3 Å². The largest absolute Gasteiger partial charge is 0.398 e. The molecule has 1 fully saturated rings. The van der Waals surface area contributed by atoms with Crippen molar-refractivity contribution in [2.45, 2.75) is 25.8 Å². The van der Waals surface area contributed by atoms with Crippen LogP contribution >= 0.6 is 0 Å². The average molecular weight is 395 g/mol. The van der Waals surface area contributed by atoms with E-state index in [0.717, 1.165) is 24.0 Å². The summed E-state index contributed by atoms with van der Waals surface area (Å²) in [6.07, 6.45) is 7.31. The number of aromatic nitrogens is 2. The second-order valence-corrected chi connectivity index (χ2v) is 7.23. The summed E-state index contributed by atoms with van der Waals surface area (Å²) in [4.78, 5) is 19.7. The minimum atomic E-state index is -0.161. The number of hydrogen-bond acceptors (Lipinski definition) is 7. The molecule has 0 bridgehead atoms. The number of carbonyl (C=O) groups excluding carboxylic acids is 1. The smallest absolute Gasteiger partial charge is 0.391 e. The molecule has 1 unspecified atom stereocenters. The van der Waals surface area contributed by atoms with E-state index in [1.807, 2.05) is 43.3 Å². The van der Waals surface area contributed by atoms with Gasteiger partial charge in [-0.1, -0.05) is 35.3 Å². The third-order valence-corrected chi connectivity index (χ3v) is 4.68. The van der Waals surface area contributed by atoms with Crippen molar-refractivity contribution in [1.82, 2.24) is 4.98 Å². The van der Waals surface area contributed by atoms with Crippen molar-refractivity contribution >= 4 is 23.2 Å². The molecule has 1 atom stereocenters. The van der Waals surface area contributed by atoms with Crippen molar-refractivity contribution in [3.63, 3.8) is 0 Å². The summed E-state index contributed by atoms with van der Waals surface area (Å²) < 4.78 is 0. The first kappa shape index (κ1) is 20.3. The van der Waals surface area contributed by atoms with Gasteiger partial charge in [0.2, 0.25) is 5.82 Å². The predicted octanol–water partition coefficient (Wildman–Crippen LogP) is 1.13. The van der Waals surface area contributed by atoms with Gasteiger partial charge in [-0.3, -0.25) is 10.1 Å². The highest BCUT2D eigenvalue weighted by Gasteiger charge is 2.27. The Morgan fingerprint density at radius 3 is 2.72 bits per heavy atom. The van der Waals surface area contributed by atoms with E-state index in [0.29, 0.717) is 29.2 Å². The molecule has 2 aromatic rings. The number of carbonyl (C=O) groups is 1. The highest BCUT2D eigenvalue weighted by Crippen LogP contribution is 2.32. The third kappa shape index (κ3) is 6.05. The van der Waals surface area contributed by atoms with Gasteiger partial charge in [0.1, 0.15) is 12.4 Å². The SMILES string of the molecule is Cc1c[nH+]c(NCC(=O)C=C(N)c2ccccc2)nc1NC(N)=CC(N)C1CC1. The number of nitrogens with two attached hydrogens (primary N) is 3. The fourth-order valence-electron chi connectivity index (χ4n) is 2.81. The number of H-pyrrole nitrogens is 1. The van der Waals surface area contributed by atoms with Gasteiger partial charge in [-0.15, -0.1) is 0 Å². The van der Waals surface area contributed by atoms with Crippen LogP contribution < -0.4 is 32.8 Å². The molecule has 3 rings (SSSR count). The van der Waals surface area contributed by atoms with E-state index in [2.05, 4.69) is 20.6 Å². The molecular formula is C21H28N7O+. The van der Waals surface area contributed by atoms with Crippen LogP contribution in [0, 0.1) is 12.8 Å². The predicted molar refractivity (Wildman–Crippen MR) is 114 cm³/mol. The number of nitrogens with one attached hydrogen (secondary N) is 3. The Labute approximate surface area is 170 Å². The van der Waals surface area contributed by atoms with E-state index in [-0.39, 0.29) is 18.4 Å². The molecule has 1 aliphatic rings. The molecule has 1 heterocycles. The lowest BCUT2D eigenvalue weighted by atomic mass is 10.1. The van der Waals surface area contributed by atoms with Crippen LogP contribution in [-0.2, 0) is 4.79 Å². The van der Waals surface area contributed by atoms with Crippen LogP contribution in [0.1, 0.15) is 24.0 Å². The van der Waals surface area contributed by atoms with Gasteiger partial charge in [-0.2, -0.15) is 0 Å². The van der Waals surface area contributed by atoms with E-state index in [1.54, 1.807) is 6.20 Å². The summed E-state index contributed by atoms with van der Waals surface area (Å²) in [6.45, 7) is 1.95. The number of nitrogens with zero attached hydrogens (tertiary/aromatic N) is 1. The molecular weight excluding hydrogens is 366 g/mol. The molecule has 1 aromatic carbocycles. The van der Waals surface area contributed by atoms with Gasteiger partial charge in [0.25, 0.3) is 0 Å². The van der Waals surface area contributed by atoms with Crippen LogP contribution in [0.2, 0.25) is 0 Å². The number of aromatic amines is 1. The van der Waals surface area contributed by atoms with Crippen LogP contribution in [-0.4, -0.2) is 23.4 Å². The summed E-state index contributed by atoms with van der Waals surface area (Å²) in [5, 5.41) is 6.05. The van der Waals surface area contributed by atoms with E-state index < -0.39 is 0 Å². The van der Waals surface area contributed by atoms with Crippen LogP contribution in [0.25, 0.3) is 5.70 Å². The zero-order chi connectivity index (χ0) is 20.8. The number of aryl methyl sites for hydroxylation is 1.